The maximum Gasteiger partial charge on any atom is 0.319 e. The minimum Gasteiger partial charge on any atom is -0.375 e. The van der Waals surface area contributed by atoms with E-state index in [1.54, 1.807) is 6.07 Å². The number of carbonyl (C=O) groups excluding carboxylic acids is 1. The average Bonchev–Trinajstić information content (AvgIpc) is 2.52. The van der Waals surface area contributed by atoms with Crippen LogP contribution in [0.15, 0.2) is 42.5 Å². The van der Waals surface area contributed by atoms with Crippen molar-refractivity contribution in [3.05, 3.63) is 65.5 Å². The van der Waals surface area contributed by atoms with Gasteiger partial charge in [-0.2, -0.15) is 0 Å². The maximum absolute atomic E-state index is 13.4. The SMILES string of the molecule is COC(CNC(=O)Nc1c(F)cccc1F)c1cccc(F)c1. The number of carbonyl (C=O) groups is 1. The first-order valence-electron chi connectivity index (χ1n) is 6.78. The van der Waals surface area contributed by atoms with Gasteiger partial charge in [-0.3, -0.25) is 0 Å². The molecule has 2 aromatic rings. The van der Waals surface area contributed by atoms with Crippen molar-refractivity contribution in [3.63, 3.8) is 0 Å². The Bertz CT molecular complexity index is 675. The zero-order chi connectivity index (χ0) is 16.8. The number of amides is 2. The van der Waals surface area contributed by atoms with Gasteiger partial charge in [0.15, 0.2) is 0 Å². The number of hydrogen-bond acceptors (Lipinski definition) is 2. The van der Waals surface area contributed by atoms with Crippen LogP contribution in [-0.2, 0) is 4.74 Å². The topological polar surface area (TPSA) is 50.4 Å². The second kappa shape index (κ2) is 7.64. The molecule has 7 heteroatoms. The largest absolute Gasteiger partial charge is 0.375 e. The summed E-state index contributed by atoms with van der Waals surface area (Å²) in [5, 5.41) is 4.51. The number of methoxy groups -OCH3 is 1. The second-order valence-corrected chi connectivity index (χ2v) is 4.71. The Morgan fingerprint density at radius 3 is 2.39 bits per heavy atom. The van der Waals surface area contributed by atoms with Crippen molar-refractivity contribution >= 4 is 11.7 Å². The number of halogens is 3. The molecular formula is C16H15F3N2O2. The van der Waals surface area contributed by atoms with E-state index in [-0.39, 0.29) is 6.54 Å². The van der Waals surface area contributed by atoms with Crippen LogP contribution < -0.4 is 10.6 Å². The number of benzene rings is 2. The summed E-state index contributed by atoms with van der Waals surface area (Å²) in [7, 11) is 1.41. The van der Waals surface area contributed by atoms with Gasteiger partial charge in [-0.25, -0.2) is 18.0 Å². The minimum absolute atomic E-state index is 0.00184. The van der Waals surface area contributed by atoms with Gasteiger partial charge in [0.05, 0.1) is 6.10 Å². The molecule has 0 radical (unpaired) electrons. The van der Waals surface area contributed by atoms with E-state index in [1.165, 1.54) is 31.4 Å². The Labute approximate surface area is 131 Å². The van der Waals surface area contributed by atoms with Gasteiger partial charge < -0.3 is 15.4 Å². The number of anilines is 1. The van der Waals surface area contributed by atoms with Crippen LogP contribution in [0.25, 0.3) is 0 Å². The van der Waals surface area contributed by atoms with Crippen LogP contribution in [0.2, 0.25) is 0 Å². The smallest absolute Gasteiger partial charge is 0.319 e. The summed E-state index contributed by atoms with van der Waals surface area (Å²) in [6.07, 6.45) is -0.595. The van der Waals surface area contributed by atoms with E-state index in [9.17, 15) is 18.0 Å². The van der Waals surface area contributed by atoms with Crippen molar-refractivity contribution < 1.29 is 22.7 Å². The Balaban J connectivity index is 1.98. The van der Waals surface area contributed by atoms with E-state index in [4.69, 9.17) is 4.74 Å². The van der Waals surface area contributed by atoms with Crippen molar-refractivity contribution in [1.29, 1.82) is 0 Å². The van der Waals surface area contributed by atoms with E-state index in [0.29, 0.717) is 5.56 Å². The first-order valence-corrected chi connectivity index (χ1v) is 6.78. The van der Waals surface area contributed by atoms with Crippen molar-refractivity contribution in [2.45, 2.75) is 6.10 Å². The lowest BCUT2D eigenvalue weighted by Gasteiger charge is -2.17. The summed E-state index contributed by atoms with van der Waals surface area (Å²) in [5.74, 6) is -2.19. The Kier molecular flexibility index (Phi) is 5.59. The molecule has 0 heterocycles. The van der Waals surface area contributed by atoms with Crippen LogP contribution in [0.1, 0.15) is 11.7 Å². The Hall–Kier alpha value is -2.54. The molecule has 1 atom stereocenters. The van der Waals surface area contributed by atoms with Gasteiger partial charge in [-0.05, 0) is 29.8 Å². The number of para-hydroxylation sites is 1. The highest BCUT2D eigenvalue weighted by atomic mass is 19.1. The zero-order valence-electron chi connectivity index (χ0n) is 12.3. The third-order valence-corrected chi connectivity index (χ3v) is 3.15. The molecule has 0 fully saturated rings. The van der Waals surface area contributed by atoms with Crippen molar-refractivity contribution in [2.75, 3.05) is 19.0 Å². The summed E-state index contributed by atoms with van der Waals surface area (Å²) in [4.78, 5) is 11.8. The molecule has 0 spiro atoms. The van der Waals surface area contributed by atoms with E-state index in [2.05, 4.69) is 10.6 Å². The molecule has 23 heavy (non-hydrogen) atoms. The molecule has 2 N–H and O–H groups in total. The standard InChI is InChI=1S/C16H15F3N2O2/c1-23-14(10-4-2-5-11(17)8-10)9-20-16(22)21-15-12(18)6-3-7-13(15)19/h2-8,14H,9H2,1H3,(H2,20,21,22). The highest BCUT2D eigenvalue weighted by molar-refractivity contribution is 5.89. The van der Waals surface area contributed by atoms with Gasteiger partial charge in [0.2, 0.25) is 0 Å². The van der Waals surface area contributed by atoms with E-state index in [1.807, 2.05) is 0 Å². The lowest BCUT2D eigenvalue weighted by molar-refractivity contribution is 0.104. The van der Waals surface area contributed by atoms with Crippen LogP contribution in [0.4, 0.5) is 23.7 Å². The molecule has 1 unspecified atom stereocenters. The fourth-order valence-corrected chi connectivity index (χ4v) is 2.00. The molecule has 2 amide bonds. The Morgan fingerprint density at radius 2 is 1.78 bits per heavy atom. The van der Waals surface area contributed by atoms with Crippen LogP contribution in [0.3, 0.4) is 0 Å². The quantitative estimate of drug-likeness (QED) is 0.883. The highest BCUT2D eigenvalue weighted by Gasteiger charge is 2.15. The van der Waals surface area contributed by atoms with Crippen LogP contribution in [-0.4, -0.2) is 19.7 Å². The first-order chi connectivity index (χ1) is 11.0. The number of urea groups is 1. The third-order valence-electron chi connectivity index (χ3n) is 3.15. The van der Waals surface area contributed by atoms with E-state index in [0.717, 1.165) is 12.1 Å². The van der Waals surface area contributed by atoms with Crippen LogP contribution in [0, 0.1) is 17.5 Å². The molecule has 122 valence electrons. The van der Waals surface area contributed by atoms with Gasteiger partial charge in [0.1, 0.15) is 23.1 Å². The van der Waals surface area contributed by atoms with Gasteiger partial charge in [-0.1, -0.05) is 18.2 Å². The van der Waals surface area contributed by atoms with Gasteiger partial charge >= 0.3 is 6.03 Å². The van der Waals surface area contributed by atoms with Gasteiger partial charge in [0, 0.05) is 13.7 Å². The average molecular weight is 324 g/mol. The number of ether oxygens (including phenoxy) is 1. The first kappa shape index (κ1) is 16.8. The molecule has 0 aliphatic rings. The molecule has 2 rings (SSSR count). The molecule has 2 aromatic carbocycles. The lowest BCUT2D eigenvalue weighted by Crippen LogP contribution is -2.33. The summed E-state index contributed by atoms with van der Waals surface area (Å²) in [5.41, 5.74) is -0.00500. The summed E-state index contributed by atoms with van der Waals surface area (Å²) in [6.45, 7) is 0.00184. The number of nitrogens with one attached hydrogen (secondary N) is 2. The highest BCUT2D eigenvalue weighted by Crippen LogP contribution is 2.19. The number of hydrogen-bond donors (Lipinski definition) is 2. The summed E-state index contributed by atoms with van der Waals surface area (Å²) in [6, 6.07) is 8.19. The third kappa shape index (κ3) is 4.46. The van der Waals surface area contributed by atoms with Crippen molar-refractivity contribution in [3.8, 4) is 0 Å². The normalized spacial score (nSPS) is 11.8. The van der Waals surface area contributed by atoms with Crippen LogP contribution in [0.5, 0.6) is 0 Å². The van der Waals surface area contributed by atoms with E-state index >= 15 is 0 Å². The molecule has 0 saturated heterocycles. The Morgan fingerprint density at radius 1 is 1.13 bits per heavy atom. The fourth-order valence-electron chi connectivity index (χ4n) is 2.00. The molecule has 0 aliphatic heterocycles. The summed E-state index contributed by atoms with van der Waals surface area (Å²) < 4.78 is 45.3. The van der Waals surface area contributed by atoms with Crippen LogP contribution >= 0.6 is 0 Å². The number of rotatable bonds is 5. The van der Waals surface area contributed by atoms with Crippen molar-refractivity contribution in [1.82, 2.24) is 5.32 Å². The minimum atomic E-state index is -0.881. The maximum atomic E-state index is 13.4. The van der Waals surface area contributed by atoms with Crippen molar-refractivity contribution in [2.24, 2.45) is 0 Å². The second-order valence-electron chi connectivity index (χ2n) is 4.71. The molecule has 4 nitrogen and oxygen atoms in total. The predicted molar refractivity (Wildman–Crippen MR) is 79.5 cm³/mol. The predicted octanol–water partition coefficient (Wildman–Crippen LogP) is 3.61. The molecule has 0 saturated carbocycles. The summed E-state index contributed by atoms with van der Waals surface area (Å²) >= 11 is 0. The van der Waals surface area contributed by atoms with E-state index < -0.39 is 35.3 Å². The monoisotopic (exact) mass is 324 g/mol. The fraction of sp³-hybridized carbons (Fsp3) is 0.188. The molecule has 0 aliphatic carbocycles. The molecule has 0 bridgehead atoms. The molecular weight excluding hydrogens is 309 g/mol. The van der Waals surface area contributed by atoms with Gasteiger partial charge in [0.25, 0.3) is 0 Å². The zero-order valence-corrected chi connectivity index (χ0v) is 12.3. The van der Waals surface area contributed by atoms with Gasteiger partial charge in [-0.15, -0.1) is 0 Å². The molecule has 0 aromatic heterocycles. The lowest BCUT2D eigenvalue weighted by atomic mass is 10.1.